The Bertz CT molecular complexity index is 1480. The first-order valence-corrected chi connectivity index (χ1v) is 32.7. The molecule has 0 aromatic carbocycles. The van der Waals surface area contributed by atoms with Crippen LogP contribution in [0, 0.1) is 0 Å². The minimum atomic E-state index is -0.232. The van der Waals surface area contributed by atoms with Crippen LogP contribution >= 0.6 is 0 Å². The van der Waals surface area contributed by atoms with Gasteiger partial charge in [-0.2, -0.15) is 20.3 Å². The van der Waals surface area contributed by atoms with Crippen molar-refractivity contribution in [1.29, 1.82) is 0 Å². The predicted octanol–water partition coefficient (Wildman–Crippen LogP) is 15.7. The molecule has 0 amide bonds. The van der Waals surface area contributed by atoms with Crippen LogP contribution in [0.4, 0.5) is 0 Å². The van der Waals surface area contributed by atoms with Gasteiger partial charge in [0.15, 0.2) is 0 Å². The van der Waals surface area contributed by atoms with E-state index >= 15 is 0 Å². The summed E-state index contributed by atoms with van der Waals surface area (Å²) < 4.78 is 0. The van der Waals surface area contributed by atoms with Gasteiger partial charge >= 0.3 is 0 Å². The molecule has 78 heavy (non-hydrogen) atoms. The Morgan fingerprint density at radius 1 is 0.410 bits per heavy atom. The molecule has 0 atom stereocenters. The Hall–Kier alpha value is -0.480. The number of aliphatic hydroxyl groups is 1. The molecule has 466 valence electrons. The molecule has 0 spiro atoms. The first-order chi connectivity index (χ1) is 36.0. The molecule has 12 heteroatoms. The van der Waals surface area contributed by atoms with Crippen molar-refractivity contribution in [2.75, 3.05) is 32.8 Å². The summed E-state index contributed by atoms with van der Waals surface area (Å²) in [5.74, 6) is 0. The molecular weight excluding hydrogens is 971 g/mol. The maximum Gasteiger partial charge on any atom is 0.0844 e. The third-order valence-corrected chi connectivity index (χ3v) is 17.1. The van der Waals surface area contributed by atoms with Gasteiger partial charge in [0.2, 0.25) is 0 Å². The molecule has 1 saturated carbocycles. The lowest BCUT2D eigenvalue weighted by Gasteiger charge is -2.55. The van der Waals surface area contributed by atoms with Crippen LogP contribution in [0.5, 0.6) is 0 Å². The van der Waals surface area contributed by atoms with Gasteiger partial charge in [-0.1, -0.05) is 86.5 Å². The number of nitrogens with zero attached hydrogens (tertiary/aromatic N) is 4. The van der Waals surface area contributed by atoms with Crippen molar-refractivity contribution >= 4 is 0 Å². The van der Waals surface area contributed by atoms with E-state index in [2.05, 4.69) is 202 Å². The monoisotopic (exact) mass is 1110 g/mol. The number of hydroxylamine groups is 8. The normalized spacial score (nSPS) is 25.0. The van der Waals surface area contributed by atoms with Crippen molar-refractivity contribution in [2.24, 2.45) is 0 Å². The summed E-state index contributed by atoms with van der Waals surface area (Å²) in [6.07, 6.45) is 27.1. The predicted molar refractivity (Wildman–Crippen MR) is 334 cm³/mol. The van der Waals surface area contributed by atoms with Crippen LogP contribution in [0.2, 0.25) is 0 Å². The van der Waals surface area contributed by atoms with Gasteiger partial charge in [0.25, 0.3) is 0 Å². The lowest BCUT2D eigenvalue weighted by atomic mass is 9.79. The fourth-order valence-electron chi connectivity index (χ4n) is 14.7. The summed E-state index contributed by atoms with van der Waals surface area (Å²) in [5.41, 5.74) is 0.180. The van der Waals surface area contributed by atoms with Gasteiger partial charge in [0.1, 0.15) is 0 Å². The lowest BCUT2D eigenvalue weighted by Crippen LogP contribution is -2.64. The zero-order valence-corrected chi connectivity index (χ0v) is 56.6. The maximum atomic E-state index is 10.0. The zero-order valence-electron chi connectivity index (χ0n) is 56.6. The molecule has 4 N–H and O–H groups in total. The van der Waals surface area contributed by atoms with Gasteiger partial charge in [-0.15, -0.1) is 0 Å². The molecule has 0 aromatic heterocycles. The number of nitrogens with one attached hydrogen (secondary N) is 3. The highest BCUT2D eigenvalue weighted by Crippen LogP contribution is 2.43. The highest BCUT2D eigenvalue weighted by Gasteiger charge is 2.50. The molecule has 12 nitrogen and oxygen atoms in total. The fourth-order valence-corrected chi connectivity index (χ4v) is 14.7. The summed E-state index contributed by atoms with van der Waals surface area (Å²) in [4.78, 5) is 24.9. The molecule has 5 rings (SSSR count). The first kappa shape index (κ1) is 73.6. The Balaban J connectivity index is 0.000000357. The Labute approximate surface area is 485 Å². The topological polar surface area (TPSA) is 106 Å². The summed E-state index contributed by atoms with van der Waals surface area (Å²) in [6, 6.07) is 1.83. The summed E-state index contributed by atoms with van der Waals surface area (Å²) in [5, 5.41) is 30.2. The Kier molecular flexibility index (Phi) is 30.9. The average molecular weight is 1110 g/mol. The summed E-state index contributed by atoms with van der Waals surface area (Å²) >= 11 is 0. The van der Waals surface area contributed by atoms with Crippen molar-refractivity contribution in [1.82, 2.24) is 36.2 Å². The van der Waals surface area contributed by atoms with Crippen molar-refractivity contribution in [3.8, 4) is 0 Å². The molecule has 0 unspecified atom stereocenters. The van der Waals surface area contributed by atoms with E-state index in [4.69, 9.17) is 19.4 Å². The van der Waals surface area contributed by atoms with E-state index in [9.17, 15) is 5.11 Å². The second-order valence-electron chi connectivity index (χ2n) is 30.6. The van der Waals surface area contributed by atoms with Crippen molar-refractivity contribution in [2.45, 2.75) is 394 Å². The molecule has 4 heterocycles. The third-order valence-electron chi connectivity index (χ3n) is 17.1. The third kappa shape index (κ3) is 24.2. The molecule has 5 aliphatic rings. The highest BCUT2D eigenvalue weighted by molar-refractivity contribution is 5.02. The Morgan fingerprint density at radius 3 is 1.01 bits per heavy atom. The number of rotatable bonds is 24. The van der Waals surface area contributed by atoms with Crippen LogP contribution in [-0.2, 0) is 19.4 Å². The van der Waals surface area contributed by atoms with Crippen molar-refractivity contribution in [3.63, 3.8) is 0 Å². The van der Waals surface area contributed by atoms with E-state index in [0.717, 1.165) is 97.1 Å². The van der Waals surface area contributed by atoms with Crippen LogP contribution in [0.25, 0.3) is 0 Å². The Morgan fingerprint density at radius 2 is 0.718 bits per heavy atom. The SMILES string of the molecule is CCCC(C)(C)ON1C(C)(C)CC(O)CC1(C)C.CCCCNC1CC(C)(C)N(OC2CCCCC2)C(C)(C)C1.CCCCNC1CC(C)(C)N(OCCC)C(C)(C)C1.CCCCNC1CC(C)(C)N(OCCC)C(C)(C)C1. The maximum absolute atomic E-state index is 10.0. The second-order valence-corrected chi connectivity index (χ2v) is 30.6. The molecule has 0 bridgehead atoms. The average Bonchev–Trinajstić information content (AvgIpc) is 3.28. The zero-order chi connectivity index (χ0) is 59.4. The van der Waals surface area contributed by atoms with Crippen LogP contribution in [0.3, 0.4) is 0 Å². The molecule has 4 saturated heterocycles. The first-order valence-electron chi connectivity index (χ1n) is 32.7. The van der Waals surface area contributed by atoms with Gasteiger partial charge in [0.05, 0.1) is 31.0 Å². The van der Waals surface area contributed by atoms with Crippen molar-refractivity contribution in [3.05, 3.63) is 0 Å². The second kappa shape index (κ2) is 32.7. The summed E-state index contributed by atoms with van der Waals surface area (Å²) in [7, 11) is 0. The van der Waals surface area contributed by atoms with E-state index in [0.29, 0.717) is 24.2 Å². The standard InChI is InChI=1S/C19H38N2O.2C16H34N2O.C15H31NO2/c1-6-7-13-20-16-14-18(2,3)21(19(4,5)15-16)22-17-11-9-8-10-12-17;2*1-7-9-10-17-14-12-15(3,4)18(19-11-8-2)16(5,6)13-14;1-8-9-15(6,7)18-16-13(2,3)10-12(17)11-14(16,4)5/h16-17,20H,6-15H2,1-5H3;2*14,17H,7-13H2,1-6H3;12,17H,8-11H2,1-7H3. The number of unbranched alkanes of at least 4 members (excludes halogenated alkanes) is 3. The fraction of sp³-hybridized carbons (Fsp3) is 1.00. The van der Waals surface area contributed by atoms with E-state index in [1.807, 2.05) is 0 Å². The number of piperidine rings is 4. The largest absolute Gasteiger partial charge is 0.393 e. The quantitative estimate of drug-likeness (QED) is 0.0692. The van der Waals surface area contributed by atoms with Crippen LogP contribution in [0.15, 0.2) is 0 Å². The lowest BCUT2D eigenvalue weighted by molar-refractivity contribution is -0.337. The molecule has 1 aliphatic carbocycles. The van der Waals surface area contributed by atoms with Crippen LogP contribution in [0.1, 0.15) is 314 Å². The van der Waals surface area contributed by atoms with Crippen LogP contribution in [-0.4, -0.2) is 138 Å². The van der Waals surface area contributed by atoms with Gasteiger partial charge in [-0.3, -0.25) is 19.4 Å². The minimum Gasteiger partial charge on any atom is -0.393 e. The molecule has 0 radical (unpaired) electrons. The number of hydrogen-bond acceptors (Lipinski definition) is 12. The van der Waals surface area contributed by atoms with E-state index in [-0.39, 0.29) is 56.0 Å². The molecular formula is C66H137N7O5. The van der Waals surface area contributed by atoms with E-state index in [1.54, 1.807) is 0 Å². The van der Waals surface area contributed by atoms with Crippen molar-refractivity contribution < 1.29 is 24.5 Å². The smallest absolute Gasteiger partial charge is 0.0844 e. The molecule has 4 aliphatic heterocycles. The number of aliphatic hydroxyl groups excluding tert-OH is 1. The summed E-state index contributed by atoms with van der Waals surface area (Å²) in [6.45, 7) is 59.1. The van der Waals surface area contributed by atoms with Gasteiger partial charge < -0.3 is 21.1 Å². The van der Waals surface area contributed by atoms with Gasteiger partial charge in [0, 0.05) is 62.4 Å². The highest BCUT2D eigenvalue weighted by atomic mass is 16.7. The number of hydrogen-bond donors (Lipinski definition) is 4. The van der Waals surface area contributed by atoms with Gasteiger partial charge in [-0.05, 0) is 247 Å². The van der Waals surface area contributed by atoms with Gasteiger partial charge in [-0.25, -0.2) is 0 Å². The van der Waals surface area contributed by atoms with E-state index in [1.165, 1.54) is 83.5 Å². The minimum absolute atomic E-state index is 0.0980. The van der Waals surface area contributed by atoms with E-state index < -0.39 is 0 Å². The molecule has 5 fully saturated rings. The van der Waals surface area contributed by atoms with Crippen LogP contribution < -0.4 is 16.0 Å². The molecule has 0 aromatic rings.